The molecule has 0 aliphatic heterocycles. The first-order valence-electron chi connectivity index (χ1n) is 7.61. The summed E-state index contributed by atoms with van der Waals surface area (Å²) in [7, 11) is 0. The highest BCUT2D eigenvalue weighted by Crippen LogP contribution is 2.14. The maximum absolute atomic E-state index is 3.61. The van der Waals surface area contributed by atoms with Crippen molar-refractivity contribution in [1.29, 1.82) is 0 Å². The highest BCUT2D eigenvalue weighted by molar-refractivity contribution is 5.24. The fourth-order valence-electron chi connectivity index (χ4n) is 2.25. The van der Waals surface area contributed by atoms with Crippen molar-refractivity contribution in [2.45, 2.75) is 53.1 Å². The van der Waals surface area contributed by atoms with E-state index in [4.69, 9.17) is 0 Å². The summed E-state index contributed by atoms with van der Waals surface area (Å²) < 4.78 is 0. The third-order valence-corrected chi connectivity index (χ3v) is 3.73. The molecule has 0 heterocycles. The molecule has 0 fully saturated rings. The van der Waals surface area contributed by atoms with Crippen LogP contribution in [0.4, 0.5) is 0 Å². The van der Waals surface area contributed by atoms with Crippen LogP contribution in [0, 0.1) is 0 Å². The smallest absolute Gasteiger partial charge is 0.0208 e. The molecule has 1 aromatic carbocycles. The molecular weight excluding hydrogens is 232 g/mol. The molecule has 1 atom stereocenters. The summed E-state index contributed by atoms with van der Waals surface area (Å²) in [5, 5.41) is 3.61. The number of benzene rings is 1. The highest BCUT2D eigenvalue weighted by atomic mass is 15.1. The second-order valence-electron chi connectivity index (χ2n) is 5.66. The Bertz CT molecular complexity index is 339. The van der Waals surface area contributed by atoms with E-state index < -0.39 is 0 Å². The molecule has 19 heavy (non-hydrogen) atoms. The molecule has 0 amide bonds. The van der Waals surface area contributed by atoms with E-state index in [0.29, 0.717) is 12.0 Å². The first-order chi connectivity index (χ1) is 9.06. The van der Waals surface area contributed by atoms with E-state index in [1.54, 1.807) is 0 Å². The van der Waals surface area contributed by atoms with Gasteiger partial charge < -0.3 is 10.2 Å². The zero-order chi connectivity index (χ0) is 14.3. The molecule has 0 bridgehead atoms. The Hall–Kier alpha value is -0.860. The van der Waals surface area contributed by atoms with Crippen LogP contribution in [0.25, 0.3) is 0 Å². The van der Waals surface area contributed by atoms with Gasteiger partial charge >= 0.3 is 0 Å². The maximum Gasteiger partial charge on any atom is 0.0208 e. The molecule has 0 radical (unpaired) electrons. The minimum absolute atomic E-state index is 0.532. The molecule has 0 aliphatic rings. The Kier molecular flexibility index (Phi) is 7.11. The zero-order valence-corrected chi connectivity index (χ0v) is 13.2. The summed E-state index contributed by atoms with van der Waals surface area (Å²) in [6.45, 7) is 15.5. The van der Waals surface area contributed by atoms with Gasteiger partial charge in [-0.15, -0.1) is 0 Å². The van der Waals surface area contributed by atoms with Crippen LogP contribution < -0.4 is 5.32 Å². The van der Waals surface area contributed by atoms with Gasteiger partial charge in [-0.05, 0) is 37.1 Å². The minimum atomic E-state index is 0.532. The van der Waals surface area contributed by atoms with Gasteiger partial charge in [-0.3, -0.25) is 0 Å². The Morgan fingerprint density at radius 3 is 2.05 bits per heavy atom. The van der Waals surface area contributed by atoms with E-state index in [2.05, 4.69) is 69.1 Å². The SMILES string of the molecule is CCN(CC)CC(C)NCc1ccc(C(C)C)cc1. The zero-order valence-electron chi connectivity index (χ0n) is 13.2. The predicted molar refractivity (Wildman–Crippen MR) is 84.6 cm³/mol. The van der Waals surface area contributed by atoms with Crippen molar-refractivity contribution in [1.82, 2.24) is 10.2 Å². The first-order valence-corrected chi connectivity index (χ1v) is 7.61. The molecular formula is C17H30N2. The molecule has 0 aliphatic carbocycles. The monoisotopic (exact) mass is 262 g/mol. The predicted octanol–water partition coefficient (Wildman–Crippen LogP) is 3.63. The Morgan fingerprint density at radius 1 is 1.00 bits per heavy atom. The lowest BCUT2D eigenvalue weighted by molar-refractivity contribution is 0.270. The van der Waals surface area contributed by atoms with Gasteiger partial charge in [-0.2, -0.15) is 0 Å². The number of nitrogens with one attached hydrogen (secondary N) is 1. The van der Waals surface area contributed by atoms with Crippen molar-refractivity contribution in [3.8, 4) is 0 Å². The molecule has 1 unspecified atom stereocenters. The second kappa shape index (κ2) is 8.34. The Labute approximate surface area is 119 Å². The lowest BCUT2D eigenvalue weighted by Gasteiger charge is -2.23. The Morgan fingerprint density at radius 2 is 1.58 bits per heavy atom. The van der Waals surface area contributed by atoms with Crippen LogP contribution in [0.1, 0.15) is 51.7 Å². The summed E-state index contributed by atoms with van der Waals surface area (Å²) in [6.07, 6.45) is 0. The van der Waals surface area contributed by atoms with Gasteiger partial charge in [0.15, 0.2) is 0 Å². The topological polar surface area (TPSA) is 15.3 Å². The van der Waals surface area contributed by atoms with E-state index >= 15 is 0 Å². The molecule has 0 spiro atoms. The van der Waals surface area contributed by atoms with Crippen molar-refractivity contribution >= 4 is 0 Å². The van der Waals surface area contributed by atoms with E-state index in [0.717, 1.165) is 26.2 Å². The summed E-state index contributed by atoms with van der Waals surface area (Å²) >= 11 is 0. The fourth-order valence-corrected chi connectivity index (χ4v) is 2.25. The van der Waals surface area contributed by atoms with Gasteiger partial charge in [0.2, 0.25) is 0 Å². The van der Waals surface area contributed by atoms with Gasteiger partial charge in [0.05, 0.1) is 0 Å². The van der Waals surface area contributed by atoms with Crippen molar-refractivity contribution in [2.75, 3.05) is 19.6 Å². The second-order valence-corrected chi connectivity index (χ2v) is 5.66. The summed E-state index contributed by atoms with van der Waals surface area (Å²) in [5.41, 5.74) is 2.79. The van der Waals surface area contributed by atoms with Crippen LogP contribution in [0.5, 0.6) is 0 Å². The average Bonchev–Trinajstić information content (AvgIpc) is 2.43. The van der Waals surface area contributed by atoms with Crippen molar-refractivity contribution < 1.29 is 0 Å². The summed E-state index contributed by atoms with van der Waals surface area (Å²) in [4.78, 5) is 2.46. The van der Waals surface area contributed by atoms with Crippen molar-refractivity contribution in [2.24, 2.45) is 0 Å². The van der Waals surface area contributed by atoms with Gasteiger partial charge in [0.1, 0.15) is 0 Å². The van der Waals surface area contributed by atoms with Crippen LogP contribution >= 0.6 is 0 Å². The Balaban J connectivity index is 2.39. The van der Waals surface area contributed by atoms with Crippen LogP contribution in [0.3, 0.4) is 0 Å². The first kappa shape index (κ1) is 16.2. The molecule has 1 aromatic rings. The van der Waals surface area contributed by atoms with E-state index in [1.165, 1.54) is 11.1 Å². The lowest BCUT2D eigenvalue weighted by Crippen LogP contribution is -2.38. The number of hydrogen-bond acceptors (Lipinski definition) is 2. The van der Waals surface area contributed by atoms with Crippen molar-refractivity contribution in [3.05, 3.63) is 35.4 Å². The summed E-state index contributed by atoms with van der Waals surface area (Å²) in [5.74, 6) is 0.614. The quantitative estimate of drug-likeness (QED) is 0.769. The van der Waals surface area contributed by atoms with Crippen LogP contribution in [-0.4, -0.2) is 30.6 Å². The van der Waals surface area contributed by atoms with Crippen LogP contribution in [-0.2, 0) is 6.54 Å². The highest BCUT2D eigenvalue weighted by Gasteiger charge is 2.06. The number of nitrogens with zero attached hydrogens (tertiary/aromatic N) is 1. The molecule has 2 heteroatoms. The molecule has 1 N–H and O–H groups in total. The van der Waals surface area contributed by atoms with Gasteiger partial charge in [0, 0.05) is 19.1 Å². The molecule has 108 valence electrons. The maximum atomic E-state index is 3.61. The molecule has 0 saturated heterocycles. The molecule has 1 rings (SSSR count). The molecule has 2 nitrogen and oxygen atoms in total. The largest absolute Gasteiger partial charge is 0.309 e. The number of hydrogen-bond donors (Lipinski definition) is 1. The lowest BCUT2D eigenvalue weighted by atomic mass is 10.0. The summed E-state index contributed by atoms with van der Waals surface area (Å²) in [6, 6.07) is 9.51. The standard InChI is InChI=1S/C17H30N2/c1-6-19(7-2)13-15(5)18-12-16-8-10-17(11-9-16)14(3)4/h8-11,14-15,18H,6-7,12-13H2,1-5H3. The minimum Gasteiger partial charge on any atom is -0.309 e. The van der Waals surface area contributed by atoms with E-state index in [1.807, 2.05) is 0 Å². The third-order valence-electron chi connectivity index (χ3n) is 3.73. The molecule has 0 aromatic heterocycles. The number of likely N-dealkylation sites (N-methyl/N-ethyl adjacent to an activating group) is 1. The van der Waals surface area contributed by atoms with Gasteiger partial charge in [-0.25, -0.2) is 0 Å². The van der Waals surface area contributed by atoms with Crippen LogP contribution in [0.2, 0.25) is 0 Å². The van der Waals surface area contributed by atoms with Gasteiger partial charge in [0.25, 0.3) is 0 Å². The third kappa shape index (κ3) is 5.75. The molecule has 0 saturated carbocycles. The van der Waals surface area contributed by atoms with Crippen molar-refractivity contribution in [3.63, 3.8) is 0 Å². The van der Waals surface area contributed by atoms with E-state index in [9.17, 15) is 0 Å². The number of rotatable bonds is 8. The normalized spacial score (nSPS) is 13.2. The van der Waals surface area contributed by atoms with E-state index in [-0.39, 0.29) is 0 Å². The van der Waals surface area contributed by atoms with Gasteiger partial charge in [-0.1, -0.05) is 52.0 Å². The van der Waals surface area contributed by atoms with Crippen LogP contribution in [0.15, 0.2) is 24.3 Å². The fraction of sp³-hybridized carbons (Fsp3) is 0.647. The average molecular weight is 262 g/mol.